The van der Waals surface area contributed by atoms with Crippen LogP contribution in [0.3, 0.4) is 0 Å². The molecule has 18 heavy (non-hydrogen) atoms. The van der Waals surface area contributed by atoms with Gasteiger partial charge < -0.3 is 11.1 Å². The molecule has 1 unspecified atom stereocenters. The van der Waals surface area contributed by atoms with E-state index < -0.39 is 5.54 Å². The zero-order valence-corrected chi connectivity index (χ0v) is 12.8. The number of amides is 1. The molecule has 1 atom stereocenters. The van der Waals surface area contributed by atoms with E-state index in [1.54, 1.807) is 41.9 Å². The van der Waals surface area contributed by atoms with Gasteiger partial charge in [-0.25, -0.2) is 0 Å². The molecule has 5 nitrogen and oxygen atoms in total. The minimum Gasteiger partial charge on any atom is -0.368 e. The smallest absolute Gasteiger partial charge is 0.238 e. The Balaban J connectivity index is 2.03. The van der Waals surface area contributed by atoms with Gasteiger partial charge in [0.1, 0.15) is 5.54 Å². The summed E-state index contributed by atoms with van der Waals surface area (Å²) in [5.41, 5.74) is 4.97. The molecule has 1 aromatic heterocycles. The highest BCUT2D eigenvalue weighted by molar-refractivity contribution is 8.03. The molecule has 0 aliphatic heterocycles. The fourth-order valence-corrected chi connectivity index (χ4v) is 4.66. The van der Waals surface area contributed by atoms with Crippen LogP contribution in [0.2, 0.25) is 0 Å². The van der Waals surface area contributed by atoms with Gasteiger partial charge in [-0.15, -0.1) is 10.2 Å². The summed E-state index contributed by atoms with van der Waals surface area (Å²) in [6, 6.07) is 0. The zero-order valence-electron chi connectivity index (χ0n) is 10.3. The summed E-state index contributed by atoms with van der Waals surface area (Å²) in [5, 5.41) is 11.3. The van der Waals surface area contributed by atoms with Crippen LogP contribution >= 0.6 is 34.9 Å². The average Bonchev–Trinajstić information content (AvgIpc) is 3.10. The van der Waals surface area contributed by atoms with E-state index in [2.05, 4.69) is 15.5 Å². The second-order valence-corrected chi connectivity index (χ2v) is 7.44. The van der Waals surface area contributed by atoms with E-state index in [0.29, 0.717) is 11.7 Å². The lowest BCUT2D eigenvalue weighted by Crippen LogP contribution is -2.57. The van der Waals surface area contributed by atoms with Gasteiger partial charge in [0, 0.05) is 5.75 Å². The predicted octanol–water partition coefficient (Wildman–Crippen LogP) is 1.21. The van der Waals surface area contributed by atoms with E-state index >= 15 is 0 Å². The van der Waals surface area contributed by atoms with Crippen LogP contribution in [0.5, 0.6) is 0 Å². The first-order valence-corrected chi connectivity index (χ1v) is 8.64. The molecule has 1 aliphatic rings. The number of nitrogens with two attached hydrogens (primary N) is 1. The number of carbonyl (C=O) groups is 1. The van der Waals surface area contributed by atoms with Gasteiger partial charge in [-0.2, -0.15) is 0 Å². The molecule has 2 rings (SSSR count). The van der Waals surface area contributed by atoms with Crippen molar-refractivity contribution in [1.29, 1.82) is 0 Å². The van der Waals surface area contributed by atoms with E-state index in [1.807, 2.05) is 6.26 Å². The lowest BCUT2D eigenvalue weighted by Gasteiger charge is -2.29. The van der Waals surface area contributed by atoms with Crippen LogP contribution in [0.15, 0.2) is 8.68 Å². The molecular formula is C10H16N4OS3. The molecule has 1 saturated carbocycles. The monoisotopic (exact) mass is 304 g/mol. The SMILES string of the molecule is CNC(CSc1nnc(SC)s1)(C(N)=O)C1CC1. The maximum absolute atomic E-state index is 11.7. The van der Waals surface area contributed by atoms with E-state index in [9.17, 15) is 4.79 Å². The third-order valence-electron chi connectivity index (χ3n) is 3.15. The normalized spacial score (nSPS) is 18.6. The van der Waals surface area contributed by atoms with E-state index in [1.165, 1.54) is 0 Å². The van der Waals surface area contributed by atoms with Gasteiger partial charge in [-0.1, -0.05) is 34.9 Å². The van der Waals surface area contributed by atoms with E-state index in [-0.39, 0.29) is 5.91 Å². The van der Waals surface area contributed by atoms with Crippen molar-refractivity contribution in [2.24, 2.45) is 11.7 Å². The molecule has 1 aliphatic carbocycles. The number of primary amides is 1. The van der Waals surface area contributed by atoms with Gasteiger partial charge in [-0.05, 0) is 32.1 Å². The molecule has 1 aromatic rings. The van der Waals surface area contributed by atoms with Gasteiger partial charge in [0.05, 0.1) is 0 Å². The summed E-state index contributed by atoms with van der Waals surface area (Å²) in [7, 11) is 1.80. The number of nitrogens with one attached hydrogen (secondary N) is 1. The fourth-order valence-electron chi connectivity index (χ4n) is 1.88. The summed E-state index contributed by atoms with van der Waals surface area (Å²) in [5.74, 6) is 0.710. The number of hydrogen-bond donors (Lipinski definition) is 2. The number of nitrogens with zero attached hydrogens (tertiary/aromatic N) is 2. The van der Waals surface area contributed by atoms with Crippen molar-refractivity contribution in [2.45, 2.75) is 27.1 Å². The average molecular weight is 304 g/mol. The number of carbonyl (C=O) groups excluding carboxylic acids is 1. The Hall–Kier alpha value is -0.310. The molecule has 1 heterocycles. The largest absolute Gasteiger partial charge is 0.368 e. The van der Waals surface area contributed by atoms with Crippen molar-refractivity contribution in [1.82, 2.24) is 15.5 Å². The van der Waals surface area contributed by atoms with Gasteiger partial charge >= 0.3 is 0 Å². The molecule has 3 N–H and O–H groups in total. The van der Waals surface area contributed by atoms with Crippen LogP contribution in [0, 0.1) is 5.92 Å². The number of aromatic nitrogens is 2. The molecule has 0 radical (unpaired) electrons. The van der Waals surface area contributed by atoms with Crippen molar-refractivity contribution in [3.8, 4) is 0 Å². The van der Waals surface area contributed by atoms with Crippen LogP contribution in [-0.4, -0.2) is 40.7 Å². The predicted molar refractivity (Wildman–Crippen MR) is 76.1 cm³/mol. The highest BCUT2D eigenvalue weighted by Crippen LogP contribution is 2.42. The van der Waals surface area contributed by atoms with Crippen molar-refractivity contribution < 1.29 is 4.79 Å². The minimum absolute atomic E-state index is 0.269. The van der Waals surface area contributed by atoms with Crippen molar-refractivity contribution >= 4 is 40.8 Å². The summed E-state index contributed by atoms with van der Waals surface area (Å²) < 4.78 is 1.83. The molecule has 0 saturated heterocycles. The first-order chi connectivity index (χ1) is 8.62. The lowest BCUT2D eigenvalue weighted by atomic mass is 9.95. The molecular weight excluding hydrogens is 288 g/mol. The fraction of sp³-hybridized carbons (Fsp3) is 0.700. The standard InChI is InChI=1S/C10H16N4OS3/c1-12-10(7(11)15,6-3-4-6)5-17-9-14-13-8(16-2)18-9/h6,12H,3-5H2,1-2H3,(H2,11,15). The number of rotatable bonds is 7. The number of hydrogen-bond acceptors (Lipinski definition) is 7. The minimum atomic E-state index is -0.601. The molecule has 0 aromatic carbocycles. The maximum atomic E-state index is 11.7. The topological polar surface area (TPSA) is 80.9 Å². The van der Waals surface area contributed by atoms with Crippen LogP contribution < -0.4 is 11.1 Å². The summed E-state index contributed by atoms with van der Waals surface area (Å²) in [6.45, 7) is 0. The Morgan fingerprint density at radius 3 is 2.67 bits per heavy atom. The first kappa shape index (κ1) is 14.1. The maximum Gasteiger partial charge on any atom is 0.238 e. The van der Waals surface area contributed by atoms with Crippen LogP contribution in [-0.2, 0) is 4.79 Å². The molecule has 8 heteroatoms. The quantitative estimate of drug-likeness (QED) is 0.737. The second-order valence-electron chi connectivity index (χ2n) is 4.19. The number of thioether (sulfide) groups is 2. The molecule has 0 bridgehead atoms. The Bertz CT molecular complexity index is 435. The van der Waals surface area contributed by atoms with Crippen LogP contribution in [0.1, 0.15) is 12.8 Å². The Morgan fingerprint density at radius 2 is 2.22 bits per heavy atom. The van der Waals surface area contributed by atoms with Crippen molar-refractivity contribution in [3.05, 3.63) is 0 Å². The van der Waals surface area contributed by atoms with E-state index in [0.717, 1.165) is 21.5 Å². The van der Waals surface area contributed by atoms with Gasteiger partial charge in [0.25, 0.3) is 0 Å². The van der Waals surface area contributed by atoms with Crippen molar-refractivity contribution in [3.63, 3.8) is 0 Å². The summed E-state index contributed by atoms with van der Waals surface area (Å²) >= 11 is 4.68. The molecule has 1 amide bonds. The van der Waals surface area contributed by atoms with Crippen molar-refractivity contribution in [2.75, 3.05) is 19.1 Å². The molecule has 0 spiro atoms. The molecule has 100 valence electrons. The van der Waals surface area contributed by atoms with Gasteiger partial charge in [0.15, 0.2) is 8.68 Å². The Morgan fingerprint density at radius 1 is 1.56 bits per heavy atom. The lowest BCUT2D eigenvalue weighted by molar-refractivity contribution is -0.124. The first-order valence-electron chi connectivity index (χ1n) is 5.61. The summed E-state index contributed by atoms with van der Waals surface area (Å²) in [6.07, 6.45) is 4.10. The third kappa shape index (κ3) is 2.81. The summed E-state index contributed by atoms with van der Waals surface area (Å²) in [4.78, 5) is 11.7. The van der Waals surface area contributed by atoms with Gasteiger partial charge in [-0.3, -0.25) is 4.79 Å². The second kappa shape index (κ2) is 5.77. The highest BCUT2D eigenvalue weighted by atomic mass is 32.2. The van der Waals surface area contributed by atoms with Crippen LogP contribution in [0.25, 0.3) is 0 Å². The Kier molecular flexibility index (Phi) is 4.52. The third-order valence-corrected chi connectivity index (χ3v) is 6.37. The van der Waals surface area contributed by atoms with Gasteiger partial charge in [0.2, 0.25) is 5.91 Å². The molecule has 1 fully saturated rings. The zero-order chi connectivity index (χ0) is 13.2. The Labute approximate surface area is 119 Å². The van der Waals surface area contributed by atoms with Crippen LogP contribution in [0.4, 0.5) is 0 Å². The van der Waals surface area contributed by atoms with E-state index in [4.69, 9.17) is 5.73 Å². The number of likely N-dealkylation sites (N-methyl/N-ethyl adjacent to an activating group) is 1. The highest BCUT2D eigenvalue weighted by Gasteiger charge is 2.48.